The van der Waals surface area contributed by atoms with Gasteiger partial charge in [-0.15, -0.1) is 0 Å². The van der Waals surface area contributed by atoms with E-state index in [0.29, 0.717) is 0 Å². The first-order valence-electron chi connectivity index (χ1n) is 3.48. The van der Waals surface area contributed by atoms with E-state index in [1.807, 2.05) is 6.92 Å². The average Bonchev–Trinajstić information content (AvgIpc) is 2.06. The van der Waals surface area contributed by atoms with Gasteiger partial charge >= 0.3 is 0 Å². The van der Waals surface area contributed by atoms with E-state index in [9.17, 15) is 0 Å². The number of hydrogen-bond acceptors (Lipinski definition) is 3. The van der Waals surface area contributed by atoms with Crippen LogP contribution in [0.15, 0.2) is 12.4 Å². The van der Waals surface area contributed by atoms with Crippen molar-refractivity contribution in [3.8, 4) is 0 Å². The van der Waals surface area contributed by atoms with Crippen LogP contribution in [0.5, 0.6) is 0 Å². The molecule has 0 radical (unpaired) electrons. The standard InChI is InChI=1S/C7H10BrN3/c1-2-9-7-6(5-8)10-3-4-11-7/h3-4H,2,5H2,1H3,(H,9,11). The first kappa shape index (κ1) is 8.46. The molecule has 3 nitrogen and oxygen atoms in total. The first-order valence-corrected chi connectivity index (χ1v) is 4.60. The molecule has 1 aromatic heterocycles. The van der Waals surface area contributed by atoms with Gasteiger partial charge in [-0.05, 0) is 6.92 Å². The van der Waals surface area contributed by atoms with Gasteiger partial charge in [0, 0.05) is 24.3 Å². The third-order valence-electron chi connectivity index (χ3n) is 1.24. The van der Waals surface area contributed by atoms with Gasteiger partial charge in [-0.2, -0.15) is 0 Å². The highest BCUT2D eigenvalue weighted by Gasteiger charge is 1.99. The minimum Gasteiger partial charge on any atom is -0.369 e. The maximum Gasteiger partial charge on any atom is 0.148 e. The molecule has 0 saturated carbocycles. The van der Waals surface area contributed by atoms with E-state index in [2.05, 4.69) is 31.2 Å². The lowest BCUT2D eigenvalue weighted by atomic mass is 10.4. The average molecular weight is 216 g/mol. The molecular formula is C7H10BrN3. The Balaban J connectivity index is 2.83. The van der Waals surface area contributed by atoms with Crippen molar-refractivity contribution in [2.45, 2.75) is 12.3 Å². The zero-order chi connectivity index (χ0) is 8.10. The number of aromatic nitrogens is 2. The van der Waals surface area contributed by atoms with Gasteiger partial charge < -0.3 is 5.32 Å². The molecule has 1 heterocycles. The lowest BCUT2D eigenvalue weighted by Crippen LogP contribution is -2.03. The molecule has 0 saturated heterocycles. The highest BCUT2D eigenvalue weighted by molar-refractivity contribution is 9.08. The number of hydrogen-bond donors (Lipinski definition) is 1. The lowest BCUT2D eigenvalue weighted by Gasteiger charge is -2.04. The minimum absolute atomic E-state index is 0.739. The summed E-state index contributed by atoms with van der Waals surface area (Å²) in [5, 5.41) is 3.86. The third-order valence-corrected chi connectivity index (χ3v) is 1.78. The second-order valence-electron chi connectivity index (χ2n) is 2.02. The van der Waals surface area contributed by atoms with E-state index < -0.39 is 0 Å². The maximum absolute atomic E-state index is 4.14. The summed E-state index contributed by atoms with van der Waals surface area (Å²) in [5.74, 6) is 0.867. The lowest BCUT2D eigenvalue weighted by molar-refractivity contribution is 1.07. The van der Waals surface area contributed by atoms with Crippen LogP contribution in [-0.4, -0.2) is 16.5 Å². The number of halogens is 1. The van der Waals surface area contributed by atoms with E-state index in [1.165, 1.54) is 0 Å². The van der Waals surface area contributed by atoms with Crippen LogP contribution < -0.4 is 5.32 Å². The SMILES string of the molecule is CCNc1nccnc1CBr. The molecular weight excluding hydrogens is 206 g/mol. The second kappa shape index (κ2) is 4.28. The van der Waals surface area contributed by atoms with Gasteiger partial charge in [-0.1, -0.05) is 15.9 Å². The Morgan fingerprint density at radius 3 is 2.82 bits per heavy atom. The van der Waals surface area contributed by atoms with Crippen LogP contribution >= 0.6 is 15.9 Å². The molecule has 1 rings (SSSR count). The molecule has 60 valence electrons. The van der Waals surface area contributed by atoms with E-state index in [1.54, 1.807) is 12.4 Å². The Hall–Kier alpha value is -0.640. The molecule has 1 aromatic rings. The summed E-state index contributed by atoms with van der Waals surface area (Å²) in [5.41, 5.74) is 0.953. The van der Waals surface area contributed by atoms with Crippen molar-refractivity contribution < 1.29 is 0 Å². The van der Waals surface area contributed by atoms with Gasteiger partial charge in [0.2, 0.25) is 0 Å². The van der Waals surface area contributed by atoms with E-state index in [-0.39, 0.29) is 0 Å². The Morgan fingerprint density at radius 2 is 2.18 bits per heavy atom. The highest BCUT2D eigenvalue weighted by Crippen LogP contribution is 2.10. The molecule has 0 atom stereocenters. The summed E-state index contributed by atoms with van der Waals surface area (Å²) in [4.78, 5) is 8.28. The van der Waals surface area contributed by atoms with Crippen LogP contribution in [0.4, 0.5) is 5.82 Å². The zero-order valence-electron chi connectivity index (χ0n) is 6.34. The monoisotopic (exact) mass is 215 g/mol. The number of nitrogens with one attached hydrogen (secondary N) is 1. The summed E-state index contributed by atoms with van der Waals surface area (Å²) < 4.78 is 0. The Bertz CT molecular complexity index is 227. The van der Waals surface area contributed by atoms with Crippen LogP contribution in [0.3, 0.4) is 0 Å². The summed E-state index contributed by atoms with van der Waals surface area (Å²) in [6.45, 7) is 2.91. The van der Waals surface area contributed by atoms with Crippen molar-refractivity contribution in [2.24, 2.45) is 0 Å². The van der Waals surface area contributed by atoms with Crippen molar-refractivity contribution in [2.75, 3.05) is 11.9 Å². The van der Waals surface area contributed by atoms with Crippen LogP contribution in [0.1, 0.15) is 12.6 Å². The molecule has 1 N–H and O–H groups in total. The highest BCUT2D eigenvalue weighted by atomic mass is 79.9. The second-order valence-corrected chi connectivity index (χ2v) is 2.58. The van der Waals surface area contributed by atoms with Gasteiger partial charge in [-0.3, -0.25) is 4.98 Å². The quantitative estimate of drug-likeness (QED) is 0.783. The van der Waals surface area contributed by atoms with Crippen molar-refractivity contribution in [1.29, 1.82) is 0 Å². The molecule has 0 spiro atoms. The van der Waals surface area contributed by atoms with Crippen LogP contribution in [0.25, 0.3) is 0 Å². The molecule has 4 heteroatoms. The van der Waals surface area contributed by atoms with Gasteiger partial charge in [0.05, 0.1) is 5.69 Å². The largest absolute Gasteiger partial charge is 0.369 e. The van der Waals surface area contributed by atoms with Gasteiger partial charge in [0.15, 0.2) is 0 Å². The van der Waals surface area contributed by atoms with Crippen LogP contribution in [-0.2, 0) is 5.33 Å². The summed E-state index contributed by atoms with van der Waals surface area (Å²) in [7, 11) is 0. The van der Waals surface area contributed by atoms with E-state index in [0.717, 1.165) is 23.4 Å². The first-order chi connectivity index (χ1) is 5.38. The smallest absolute Gasteiger partial charge is 0.148 e. The topological polar surface area (TPSA) is 37.8 Å². The molecule has 0 aliphatic carbocycles. The summed E-state index contributed by atoms with van der Waals surface area (Å²) in [6, 6.07) is 0. The fourth-order valence-corrected chi connectivity index (χ4v) is 1.19. The van der Waals surface area contributed by atoms with Crippen LogP contribution in [0.2, 0.25) is 0 Å². The Labute approximate surface area is 74.4 Å². The Morgan fingerprint density at radius 1 is 1.45 bits per heavy atom. The number of anilines is 1. The fraction of sp³-hybridized carbons (Fsp3) is 0.429. The molecule has 0 aromatic carbocycles. The maximum atomic E-state index is 4.14. The van der Waals surface area contributed by atoms with Crippen molar-refractivity contribution >= 4 is 21.7 Å². The van der Waals surface area contributed by atoms with Crippen molar-refractivity contribution in [3.63, 3.8) is 0 Å². The van der Waals surface area contributed by atoms with E-state index in [4.69, 9.17) is 0 Å². The van der Waals surface area contributed by atoms with Gasteiger partial charge in [0.1, 0.15) is 5.82 Å². The molecule has 0 aliphatic heterocycles. The van der Waals surface area contributed by atoms with Crippen molar-refractivity contribution in [1.82, 2.24) is 9.97 Å². The normalized spacial score (nSPS) is 9.64. The molecule has 0 unspecified atom stereocenters. The zero-order valence-corrected chi connectivity index (χ0v) is 7.93. The molecule has 0 bridgehead atoms. The van der Waals surface area contributed by atoms with E-state index >= 15 is 0 Å². The molecule has 0 fully saturated rings. The predicted molar refractivity (Wildman–Crippen MR) is 48.8 cm³/mol. The number of alkyl halides is 1. The van der Waals surface area contributed by atoms with Crippen molar-refractivity contribution in [3.05, 3.63) is 18.1 Å². The number of rotatable bonds is 3. The third kappa shape index (κ3) is 2.15. The fourth-order valence-electron chi connectivity index (χ4n) is 0.780. The Kier molecular flexibility index (Phi) is 3.29. The van der Waals surface area contributed by atoms with Gasteiger partial charge in [-0.25, -0.2) is 4.98 Å². The van der Waals surface area contributed by atoms with Gasteiger partial charge in [0.25, 0.3) is 0 Å². The predicted octanol–water partition coefficient (Wildman–Crippen LogP) is 1.80. The summed E-state index contributed by atoms with van der Waals surface area (Å²) in [6.07, 6.45) is 3.38. The minimum atomic E-state index is 0.739. The molecule has 11 heavy (non-hydrogen) atoms. The molecule has 0 amide bonds. The number of nitrogens with zero attached hydrogens (tertiary/aromatic N) is 2. The van der Waals surface area contributed by atoms with Crippen LogP contribution in [0, 0.1) is 0 Å². The molecule has 0 aliphatic rings. The summed E-state index contributed by atoms with van der Waals surface area (Å²) >= 11 is 3.34.